The van der Waals surface area contributed by atoms with Crippen LogP contribution < -0.4 is 5.73 Å². The zero-order valence-electron chi connectivity index (χ0n) is 7.00. The number of nitrogens with two attached hydrogens (primary N) is 1. The van der Waals surface area contributed by atoms with Crippen LogP contribution in [-0.2, 0) is 0 Å². The highest BCUT2D eigenvalue weighted by atomic mass is 19.1. The molecule has 1 aromatic carbocycles. The summed E-state index contributed by atoms with van der Waals surface area (Å²) in [6, 6.07) is 3.56. The summed E-state index contributed by atoms with van der Waals surface area (Å²) in [7, 11) is 0. The number of hydrogen-bond donors (Lipinski definition) is 1. The van der Waals surface area contributed by atoms with Crippen molar-refractivity contribution in [1.82, 2.24) is 5.16 Å². The lowest BCUT2D eigenvalue weighted by Gasteiger charge is -2.01. The van der Waals surface area contributed by atoms with Crippen molar-refractivity contribution in [1.29, 1.82) is 0 Å². The summed E-state index contributed by atoms with van der Waals surface area (Å²) in [6.45, 7) is 0. The fraction of sp³-hybridized carbons (Fsp3) is 0. The molecule has 0 aliphatic heterocycles. The maximum absolute atomic E-state index is 13.2. The molecule has 2 aromatic rings. The summed E-state index contributed by atoms with van der Waals surface area (Å²) in [5.41, 5.74) is 5.26. The Bertz CT molecular complexity index is 447. The minimum atomic E-state index is -0.695. The van der Waals surface area contributed by atoms with Gasteiger partial charge in [0.25, 0.3) is 0 Å². The number of anilines is 1. The topological polar surface area (TPSA) is 52.0 Å². The van der Waals surface area contributed by atoms with Crippen LogP contribution in [0, 0.1) is 11.6 Å². The average molecular weight is 196 g/mol. The highest BCUT2D eigenvalue weighted by Crippen LogP contribution is 2.29. The van der Waals surface area contributed by atoms with Crippen molar-refractivity contribution in [2.75, 3.05) is 5.73 Å². The molecule has 0 unspecified atom stereocenters. The van der Waals surface area contributed by atoms with Crippen molar-refractivity contribution in [3.8, 4) is 11.1 Å². The number of nitrogens with zero attached hydrogens (tertiary/aromatic N) is 1. The van der Waals surface area contributed by atoms with Crippen LogP contribution in [0.4, 0.5) is 14.7 Å². The molecule has 1 aromatic heterocycles. The summed E-state index contributed by atoms with van der Waals surface area (Å²) in [4.78, 5) is 0. The maximum Gasteiger partial charge on any atom is 0.230 e. The van der Waals surface area contributed by atoms with Gasteiger partial charge in [-0.15, -0.1) is 0 Å². The zero-order chi connectivity index (χ0) is 10.1. The van der Waals surface area contributed by atoms with E-state index in [1.807, 2.05) is 0 Å². The molecule has 0 saturated carbocycles. The van der Waals surface area contributed by atoms with Gasteiger partial charge in [-0.3, -0.25) is 0 Å². The first kappa shape index (κ1) is 8.68. The van der Waals surface area contributed by atoms with E-state index in [-0.39, 0.29) is 17.0 Å². The summed E-state index contributed by atoms with van der Waals surface area (Å²) in [5.74, 6) is -1.49. The summed E-state index contributed by atoms with van der Waals surface area (Å²) >= 11 is 0. The van der Waals surface area contributed by atoms with Gasteiger partial charge >= 0.3 is 0 Å². The average Bonchev–Trinajstić information content (AvgIpc) is 2.52. The normalized spacial score (nSPS) is 10.4. The van der Waals surface area contributed by atoms with Crippen LogP contribution in [0.2, 0.25) is 0 Å². The van der Waals surface area contributed by atoms with Gasteiger partial charge < -0.3 is 10.3 Å². The second-order valence-electron chi connectivity index (χ2n) is 2.70. The number of aromatic nitrogens is 1. The molecule has 14 heavy (non-hydrogen) atoms. The van der Waals surface area contributed by atoms with Crippen molar-refractivity contribution in [3.63, 3.8) is 0 Å². The van der Waals surface area contributed by atoms with Crippen LogP contribution in [-0.4, -0.2) is 5.16 Å². The third-order valence-electron chi connectivity index (χ3n) is 1.83. The van der Waals surface area contributed by atoms with Gasteiger partial charge in [-0.1, -0.05) is 11.2 Å². The molecular formula is C9H6F2N2O. The Hall–Kier alpha value is -1.91. The van der Waals surface area contributed by atoms with E-state index in [0.29, 0.717) is 0 Å². The van der Waals surface area contributed by atoms with Gasteiger partial charge in [0.05, 0.1) is 17.3 Å². The minimum Gasteiger partial charge on any atom is -0.367 e. The minimum absolute atomic E-state index is 0.103. The molecule has 0 bridgehead atoms. The van der Waals surface area contributed by atoms with Gasteiger partial charge in [0.2, 0.25) is 5.88 Å². The van der Waals surface area contributed by atoms with E-state index in [1.54, 1.807) is 0 Å². The molecule has 2 N–H and O–H groups in total. The monoisotopic (exact) mass is 196 g/mol. The molecular weight excluding hydrogens is 190 g/mol. The third-order valence-corrected chi connectivity index (χ3v) is 1.83. The Morgan fingerprint density at radius 3 is 2.36 bits per heavy atom. The van der Waals surface area contributed by atoms with Gasteiger partial charge in [0.1, 0.15) is 11.6 Å². The molecule has 0 spiro atoms. The first-order valence-electron chi connectivity index (χ1n) is 3.84. The summed E-state index contributed by atoms with van der Waals surface area (Å²) < 4.78 is 31.0. The van der Waals surface area contributed by atoms with E-state index in [1.165, 1.54) is 12.3 Å². The standard InChI is InChI=1S/C9H6F2N2O/c10-6-2-1-3-7(11)8(6)5-4-13-14-9(5)12/h1-4H,12H2. The fourth-order valence-electron chi connectivity index (χ4n) is 1.19. The molecule has 0 saturated heterocycles. The van der Waals surface area contributed by atoms with Crippen molar-refractivity contribution in [2.24, 2.45) is 0 Å². The van der Waals surface area contributed by atoms with Crippen molar-refractivity contribution >= 4 is 5.88 Å². The molecule has 0 aliphatic rings. The maximum atomic E-state index is 13.2. The Morgan fingerprint density at radius 1 is 1.21 bits per heavy atom. The lowest BCUT2D eigenvalue weighted by molar-refractivity contribution is 0.436. The van der Waals surface area contributed by atoms with Crippen LogP contribution in [0.15, 0.2) is 28.9 Å². The molecule has 0 radical (unpaired) electrons. The predicted octanol–water partition coefficient (Wildman–Crippen LogP) is 2.20. The second-order valence-corrected chi connectivity index (χ2v) is 2.70. The second kappa shape index (κ2) is 3.10. The Balaban J connectivity index is 2.68. The third kappa shape index (κ3) is 1.22. The Morgan fingerprint density at radius 2 is 1.86 bits per heavy atom. The first-order valence-corrected chi connectivity index (χ1v) is 3.84. The molecule has 72 valence electrons. The largest absolute Gasteiger partial charge is 0.367 e. The lowest BCUT2D eigenvalue weighted by Crippen LogP contribution is -1.91. The van der Waals surface area contributed by atoms with E-state index in [9.17, 15) is 8.78 Å². The highest BCUT2D eigenvalue weighted by Gasteiger charge is 2.15. The highest BCUT2D eigenvalue weighted by molar-refractivity contribution is 5.72. The molecule has 0 amide bonds. The van der Waals surface area contributed by atoms with Gasteiger partial charge in [0, 0.05) is 0 Å². The number of nitrogen functional groups attached to an aromatic ring is 1. The number of rotatable bonds is 1. The number of hydrogen-bond acceptors (Lipinski definition) is 3. The van der Waals surface area contributed by atoms with Crippen LogP contribution in [0.3, 0.4) is 0 Å². The quantitative estimate of drug-likeness (QED) is 0.760. The lowest BCUT2D eigenvalue weighted by atomic mass is 10.1. The van der Waals surface area contributed by atoms with Crippen LogP contribution in [0.25, 0.3) is 11.1 Å². The Labute approximate surface area is 78.1 Å². The molecule has 2 rings (SSSR count). The van der Waals surface area contributed by atoms with Crippen molar-refractivity contribution in [3.05, 3.63) is 36.0 Å². The predicted molar refractivity (Wildman–Crippen MR) is 46.3 cm³/mol. The van der Waals surface area contributed by atoms with Gasteiger partial charge in [-0.05, 0) is 12.1 Å². The smallest absolute Gasteiger partial charge is 0.230 e. The van der Waals surface area contributed by atoms with Crippen LogP contribution in [0.5, 0.6) is 0 Å². The zero-order valence-corrected chi connectivity index (χ0v) is 7.00. The Kier molecular flexibility index (Phi) is 1.92. The van der Waals surface area contributed by atoms with E-state index in [0.717, 1.165) is 12.1 Å². The van der Waals surface area contributed by atoms with Gasteiger partial charge in [0.15, 0.2) is 0 Å². The van der Waals surface area contributed by atoms with Crippen molar-refractivity contribution < 1.29 is 13.3 Å². The summed E-state index contributed by atoms with van der Waals surface area (Å²) in [5, 5.41) is 3.35. The van der Waals surface area contributed by atoms with Gasteiger partial charge in [-0.2, -0.15) is 0 Å². The van der Waals surface area contributed by atoms with Crippen molar-refractivity contribution in [2.45, 2.75) is 0 Å². The fourth-order valence-corrected chi connectivity index (χ4v) is 1.19. The first-order chi connectivity index (χ1) is 6.70. The van der Waals surface area contributed by atoms with E-state index in [2.05, 4.69) is 9.68 Å². The van der Waals surface area contributed by atoms with Gasteiger partial charge in [-0.25, -0.2) is 8.78 Å². The number of benzene rings is 1. The van der Waals surface area contributed by atoms with E-state index >= 15 is 0 Å². The van der Waals surface area contributed by atoms with E-state index < -0.39 is 11.6 Å². The molecule has 0 atom stereocenters. The van der Waals surface area contributed by atoms with Crippen LogP contribution in [0.1, 0.15) is 0 Å². The van der Waals surface area contributed by atoms with E-state index in [4.69, 9.17) is 5.73 Å². The molecule has 3 nitrogen and oxygen atoms in total. The summed E-state index contributed by atoms with van der Waals surface area (Å²) in [6.07, 6.45) is 1.18. The molecule has 0 fully saturated rings. The molecule has 5 heteroatoms. The molecule has 0 aliphatic carbocycles. The number of halogens is 2. The van der Waals surface area contributed by atoms with Crippen LogP contribution >= 0.6 is 0 Å². The molecule has 1 heterocycles. The SMILES string of the molecule is Nc1oncc1-c1c(F)cccc1F.